The van der Waals surface area contributed by atoms with Crippen LogP contribution in [0.4, 0.5) is 0 Å². The molecule has 31 heavy (non-hydrogen) atoms. The molecule has 0 spiro atoms. The zero-order valence-electron chi connectivity index (χ0n) is 19.2. The lowest BCUT2D eigenvalue weighted by molar-refractivity contribution is -0.122. The van der Waals surface area contributed by atoms with Crippen LogP contribution < -0.4 is 5.32 Å². The molecule has 0 bridgehead atoms. The van der Waals surface area contributed by atoms with Crippen molar-refractivity contribution in [1.29, 1.82) is 0 Å². The Morgan fingerprint density at radius 3 is 2.23 bits per heavy atom. The molecule has 1 aromatic carbocycles. The van der Waals surface area contributed by atoms with Crippen LogP contribution in [0.2, 0.25) is 0 Å². The predicted molar refractivity (Wildman–Crippen MR) is 123 cm³/mol. The van der Waals surface area contributed by atoms with Gasteiger partial charge in [0.25, 0.3) is 11.8 Å². The summed E-state index contributed by atoms with van der Waals surface area (Å²) in [6.45, 7) is 4.88. The predicted octanol–water partition coefficient (Wildman–Crippen LogP) is 5.34. The van der Waals surface area contributed by atoms with Crippen molar-refractivity contribution in [2.24, 2.45) is 11.8 Å². The van der Waals surface area contributed by atoms with E-state index >= 15 is 0 Å². The van der Waals surface area contributed by atoms with Crippen LogP contribution in [0.3, 0.4) is 0 Å². The lowest BCUT2D eigenvalue weighted by Crippen LogP contribution is -2.39. The lowest BCUT2D eigenvalue weighted by atomic mass is 9.77. The fourth-order valence-corrected chi connectivity index (χ4v) is 5.18. The zero-order chi connectivity index (χ0) is 22.2. The van der Waals surface area contributed by atoms with Gasteiger partial charge in [0.2, 0.25) is 5.91 Å². The van der Waals surface area contributed by atoms with E-state index in [9.17, 15) is 14.4 Å². The van der Waals surface area contributed by atoms with Crippen molar-refractivity contribution in [3.05, 3.63) is 35.4 Å². The number of amides is 3. The zero-order valence-corrected chi connectivity index (χ0v) is 19.2. The van der Waals surface area contributed by atoms with Gasteiger partial charge in [-0.25, -0.2) is 0 Å². The highest BCUT2D eigenvalue weighted by Crippen LogP contribution is 2.33. The van der Waals surface area contributed by atoms with Gasteiger partial charge in [0, 0.05) is 19.0 Å². The highest BCUT2D eigenvalue weighted by Gasteiger charge is 2.34. The minimum atomic E-state index is -0.183. The quantitative estimate of drug-likeness (QED) is 0.383. The Labute approximate surface area is 187 Å². The monoisotopic (exact) mass is 426 g/mol. The van der Waals surface area contributed by atoms with Gasteiger partial charge in [0.15, 0.2) is 0 Å². The van der Waals surface area contributed by atoms with Gasteiger partial charge in [-0.05, 0) is 56.6 Å². The molecule has 0 unspecified atom stereocenters. The fraction of sp³-hybridized carbons (Fsp3) is 0.654. The maximum Gasteiger partial charge on any atom is 0.261 e. The normalized spacial score (nSPS) is 21.8. The number of fused-ring (bicyclic) bond motifs is 1. The summed E-state index contributed by atoms with van der Waals surface area (Å²) in [5.74, 6) is 1.31. The standard InChI is InChI=1S/C26H38N2O3/c1-3-10-20-14-16-21(17-15-20)19(2)27-24(29)13-6-4-5-9-18-28-25(30)22-11-7-8-12-23(22)26(28)31/h7-8,11-12,19-21H,3-6,9-10,13-18H2,1-2H3,(H,27,29)/t19-,20?,21?/m1/s1. The maximum atomic E-state index is 12.4. The van der Waals surface area contributed by atoms with Gasteiger partial charge < -0.3 is 5.32 Å². The van der Waals surface area contributed by atoms with Crippen molar-refractivity contribution >= 4 is 17.7 Å². The van der Waals surface area contributed by atoms with E-state index in [1.807, 2.05) is 0 Å². The number of unbranched alkanes of at least 4 members (excludes halogenated alkanes) is 3. The summed E-state index contributed by atoms with van der Waals surface area (Å²) in [5, 5.41) is 3.22. The molecular weight excluding hydrogens is 388 g/mol. The number of hydrogen-bond acceptors (Lipinski definition) is 3. The van der Waals surface area contributed by atoms with Gasteiger partial charge in [0.05, 0.1) is 11.1 Å². The molecule has 1 fully saturated rings. The summed E-state index contributed by atoms with van der Waals surface area (Å²) in [6, 6.07) is 7.27. The Morgan fingerprint density at radius 2 is 1.61 bits per heavy atom. The molecule has 3 amide bonds. The van der Waals surface area contributed by atoms with Crippen LogP contribution in [-0.4, -0.2) is 35.2 Å². The molecular formula is C26H38N2O3. The molecule has 5 nitrogen and oxygen atoms in total. The van der Waals surface area contributed by atoms with E-state index in [4.69, 9.17) is 0 Å². The Morgan fingerprint density at radius 1 is 1.00 bits per heavy atom. The summed E-state index contributed by atoms with van der Waals surface area (Å²) >= 11 is 0. The SMILES string of the molecule is CCCC1CCC([C@@H](C)NC(=O)CCCCCCN2C(=O)c3ccccc3C2=O)CC1. The van der Waals surface area contributed by atoms with Crippen molar-refractivity contribution in [1.82, 2.24) is 10.2 Å². The molecule has 1 aromatic rings. The highest BCUT2D eigenvalue weighted by molar-refractivity contribution is 6.21. The molecule has 3 rings (SSSR count). The van der Waals surface area contributed by atoms with Crippen molar-refractivity contribution in [3.63, 3.8) is 0 Å². The summed E-state index contributed by atoms with van der Waals surface area (Å²) in [7, 11) is 0. The van der Waals surface area contributed by atoms with E-state index in [2.05, 4.69) is 19.2 Å². The maximum absolute atomic E-state index is 12.4. The molecule has 170 valence electrons. The first-order valence-corrected chi connectivity index (χ1v) is 12.3. The van der Waals surface area contributed by atoms with Crippen LogP contribution in [0.1, 0.15) is 105 Å². The first-order valence-electron chi connectivity index (χ1n) is 12.3. The van der Waals surface area contributed by atoms with E-state index in [-0.39, 0.29) is 23.8 Å². The Kier molecular flexibility index (Phi) is 8.68. The number of rotatable bonds is 11. The third-order valence-electron chi connectivity index (χ3n) is 7.10. The van der Waals surface area contributed by atoms with E-state index in [0.717, 1.165) is 31.6 Å². The van der Waals surface area contributed by atoms with Crippen LogP contribution >= 0.6 is 0 Å². The third kappa shape index (κ3) is 6.18. The topological polar surface area (TPSA) is 66.5 Å². The highest BCUT2D eigenvalue weighted by atomic mass is 16.2. The van der Waals surface area contributed by atoms with E-state index in [0.29, 0.717) is 30.0 Å². The molecule has 1 aliphatic carbocycles. The molecule has 0 radical (unpaired) electrons. The molecule has 2 aliphatic rings. The first-order chi connectivity index (χ1) is 15.0. The largest absolute Gasteiger partial charge is 0.353 e. The first kappa shape index (κ1) is 23.5. The van der Waals surface area contributed by atoms with Gasteiger partial charge in [-0.15, -0.1) is 0 Å². The number of nitrogens with zero attached hydrogens (tertiary/aromatic N) is 1. The number of carbonyl (C=O) groups excluding carboxylic acids is 3. The smallest absolute Gasteiger partial charge is 0.261 e. The van der Waals surface area contributed by atoms with Crippen LogP contribution in [0, 0.1) is 11.8 Å². The van der Waals surface area contributed by atoms with Gasteiger partial charge in [-0.1, -0.05) is 57.6 Å². The van der Waals surface area contributed by atoms with Crippen molar-refractivity contribution in [2.75, 3.05) is 6.54 Å². The Balaban J connectivity index is 1.26. The van der Waals surface area contributed by atoms with Crippen LogP contribution in [0.5, 0.6) is 0 Å². The number of hydrogen-bond donors (Lipinski definition) is 1. The Hall–Kier alpha value is -2.17. The van der Waals surface area contributed by atoms with Gasteiger partial charge in [-0.3, -0.25) is 19.3 Å². The van der Waals surface area contributed by atoms with Crippen molar-refractivity contribution in [2.45, 2.75) is 90.5 Å². The number of carbonyl (C=O) groups is 3. The van der Waals surface area contributed by atoms with Crippen molar-refractivity contribution < 1.29 is 14.4 Å². The molecule has 1 atom stereocenters. The second kappa shape index (κ2) is 11.4. The minimum absolute atomic E-state index is 0.156. The summed E-state index contributed by atoms with van der Waals surface area (Å²) < 4.78 is 0. The van der Waals surface area contributed by atoms with E-state index in [1.165, 1.54) is 43.4 Å². The fourth-order valence-electron chi connectivity index (χ4n) is 5.18. The van der Waals surface area contributed by atoms with Crippen LogP contribution in [-0.2, 0) is 4.79 Å². The van der Waals surface area contributed by atoms with Crippen molar-refractivity contribution in [3.8, 4) is 0 Å². The van der Waals surface area contributed by atoms with E-state index in [1.54, 1.807) is 24.3 Å². The molecule has 0 saturated heterocycles. The molecule has 1 aliphatic heterocycles. The van der Waals surface area contributed by atoms with Crippen LogP contribution in [0.15, 0.2) is 24.3 Å². The third-order valence-corrected chi connectivity index (χ3v) is 7.10. The molecule has 5 heteroatoms. The number of imide groups is 1. The second-order valence-electron chi connectivity index (χ2n) is 9.40. The molecule has 1 saturated carbocycles. The minimum Gasteiger partial charge on any atom is -0.353 e. The van der Waals surface area contributed by atoms with Crippen LogP contribution in [0.25, 0.3) is 0 Å². The number of nitrogens with one attached hydrogen (secondary N) is 1. The molecule has 1 N–H and O–H groups in total. The molecule has 0 aromatic heterocycles. The Bertz CT molecular complexity index is 733. The molecule has 1 heterocycles. The van der Waals surface area contributed by atoms with Gasteiger partial charge in [0.1, 0.15) is 0 Å². The lowest BCUT2D eigenvalue weighted by Gasteiger charge is -2.32. The van der Waals surface area contributed by atoms with E-state index < -0.39 is 0 Å². The van der Waals surface area contributed by atoms with Gasteiger partial charge >= 0.3 is 0 Å². The average Bonchev–Trinajstić information content (AvgIpc) is 3.01. The second-order valence-corrected chi connectivity index (χ2v) is 9.40. The summed E-state index contributed by atoms with van der Waals surface area (Å²) in [4.78, 5) is 38.4. The number of benzene rings is 1. The van der Waals surface area contributed by atoms with Gasteiger partial charge in [-0.2, -0.15) is 0 Å². The average molecular weight is 427 g/mol. The summed E-state index contributed by atoms with van der Waals surface area (Å²) in [6.07, 6.45) is 11.8. The summed E-state index contributed by atoms with van der Waals surface area (Å²) in [5.41, 5.74) is 1.02.